The van der Waals surface area contributed by atoms with Crippen molar-refractivity contribution in [3.8, 4) is 11.1 Å². The Bertz CT molecular complexity index is 1200. The highest BCUT2D eigenvalue weighted by Crippen LogP contribution is 2.29. The molecule has 29 heavy (non-hydrogen) atoms. The molecule has 0 aliphatic rings. The average molecular weight is 387 g/mol. The minimum absolute atomic E-state index is 0.140. The minimum Gasteiger partial charge on any atom is -0.307 e. The Morgan fingerprint density at radius 3 is 2.45 bits per heavy atom. The van der Waals surface area contributed by atoms with Crippen LogP contribution in [0.1, 0.15) is 23.9 Å². The van der Waals surface area contributed by atoms with Gasteiger partial charge in [0, 0.05) is 23.2 Å². The van der Waals surface area contributed by atoms with Crippen LogP contribution in [-0.4, -0.2) is 25.5 Å². The number of carbonyl (C=O) groups is 1. The Hall–Kier alpha value is -3.41. The summed E-state index contributed by atoms with van der Waals surface area (Å²) in [6, 6.07) is 16.2. The van der Waals surface area contributed by atoms with Gasteiger partial charge in [-0.05, 0) is 51.0 Å². The molecule has 2 aromatic heterocycles. The lowest BCUT2D eigenvalue weighted by Gasteiger charge is -2.08. The first-order chi connectivity index (χ1) is 14.0. The van der Waals surface area contributed by atoms with Gasteiger partial charge in [-0.2, -0.15) is 10.2 Å². The Morgan fingerprint density at radius 2 is 1.69 bits per heavy atom. The quantitative estimate of drug-likeness (QED) is 0.549. The molecule has 0 spiro atoms. The van der Waals surface area contributed by atoms with Crippen molar-refractivity contribution >= 4 is 22.6 Å². The first-order valence-electron chi connectivity index (χ1n) is 9.85. The number of carbonyl (C=O) groups excluding carboxylic acids is 1. The van der Waals surface area contributed by atoms with E-state index in [9.17, 15) is 4.79 Å². The Balaban J connectivity index is 1.60. The highest BCUT2D eigenvalue weighted by molar-refractivity contribution is 5.99. The second-order valence-electron chi connectivity index (χ2n) is 7.25. The van der Waals surface area contributed by atoms with Crippen molar-refractivity contribution in [2.75, 3.05) is 5.32 Å². The number of hydrogen-bond acceptors (Lipinski definition) is 3. The monoisotopic (exact) mass is 387 g/mol. The SMILES string of the molecule is CCn1nc(NC(=O)Cn2nc(C)c(-c3ccccc3C)c2C)c2ccccc21. The molecule has 0 aliphatic carbocycles. The van der Waals surface area contributed by atoms with Crippen molar-refractivity contribution < 1.29 is 4.79 Å². The highest BCUT2D eigenvalue weighted by Gasteiger charge is 2.18. The van der Waals surface area contributed by atoms with Gasteiger partial charge in [0.2, 0.25) is 5.91 Å². The number of benzene rings is 2. The smallest absolute Gasteiger partial charge is 0.247 e. The molecule has 6 heteroatoms. The van der Waals surface area contributed by atoms with E-state index in [4.69, 9.17) is 0 Å². The average Bonchev–Trinajstić information content (AvgIpc) is 3.19. The van der Waals surface area contributed by atoms with Gasteiger partial charge in [-0.15, -0.1) is 0 Å². The molecule has 2 aromatic carbocycles. The number of rotatable bonds is 5. The number of aryl methyl sites for hydroxylation is 3. The predicted molar refractivity (Wildman–Crippen MR) is 116 cm³/mol. The largest absolute Gasteiger partial charge is 0.307 e. The van der Waals surface area contributed by atoms with E-state index in [1.807, 2.05) is 61.9 Å². The van der Waals surface area contributed by atoms with Gasteiger partial charge in [0.1, 0.15) is 6.54 Å². The summed E-state index contributed by atoms with van der Waals surface area (Å²) in [5.74, 6) is 0.451. The number of nitrogens with zero attached hydrogens (tertiary/aromatic N) is 4. The summed E-state index contributed by atoms with van der Waals surface area (Å²) in [6.45, 7) is 9.01. The van der Waals surface area contributed by atoms with Crippen LogP contribution in [0.15, 0.2) is 48.5 Å². The van der Waals surface area contributed by atoms with E-state index in [0.29, 0.717) is 5.82 Å². The molecule has 6 nitrogen and oxygen atoms in total. The molecule has 2 heterocycles. The number of nitrogens with one attached hydrogen (secondary N) is 1. The van der Waals surface area contributed by atoms with Crippen molar-refractivity contribution in [3.05, 3.63) is 65.5 Å². The van der Waals surface area contributed by atoms with E-state index in [2.05, 4.69) is 34.6 Å². The number of hydrogen-bond donors (Lipinski definition) is 1. The van der Waals surface area contributed by atoms with Crippen LogP contribution in [-0.2, 0) is 17.9 Å². The molecule has 0 saturated carbocycles. The number of amides is 1. The lowest BCUT2D eigenvalue weighted by Crippen LogP contribution is -2.20. The van der Waals surface area contributed by atoms with Crippen LogP contribution < -0.4 is 5.32 Å². The van der Waals surface area contributed by atoms with E-state index in [1.165, 1.54) is 5.56 Å². The molecule has 0 atom stereocenters. The van der Waals surface area contributed by atoms with Crippen LogP contribution in [0, 0.1) is 20.8 Å². The van der Waals surface area contributed by atoms with Gasteiger partial charge in [-0.1, -0.05) is 36.4 Å². The van der Waals surface area contributed by atoms with E-state index >= 15 is 0 Å². The van der Waals surface area contributed by atoms with Crippen molar-refractivity contribution in [1.82, 2.24) is 19.6 Å². The fourth-order valence-corrected chi connectivity index (χ4v) is 3.86. The summed E-state index contributed by atoms with van der Waals surface area (Å²) in [5, 5.41) is 13.1. The van der Waals surface area contributed by atoms with Gasteiger partial charge >= 0.3 is 0 Å². The first-order valence-corrected chi connectivity index (χ1v) is 9.85. The summed E-state index contributed by atoms with van der Waals surface area (Å²) >= 11 is 0. The summed E-state index contributed by atoms with van der Waals surface area (Å²) in [6.07, 6.45) is 0. The lowest BCUT2D eigenvalue weighted by atomic mass is 9.99. The zero-order chi connectivity index (χ0) is 20.5. The highest BCUT2D eigenvalue weighted by atomic mass is 16.2. The maximum atomic E-state index is 12.8. The van der Waals surface area contributed by atoms with E-state index in [-0.39, 0.29) is 12.5 Å². The molecule has 148 valence electrons. The number of para-hydroxylation sites is 1. The lowest BCUT2D eigenvalue weighted by molar-refractivity contribution is -0.117. The van der Waals surface area contributed by atoms with Crippen LogP contribution in [0.25, 0.3) is 22.0 Å². The fraction of sp³-hybridized carbons (Fsp3) is 0.261. The summed E-state index contributed by atoms with van der Waals surface area (Å²) in [7, 11) is 0. The molecule has 0 saturated heterocycles. The molecule has 0 bridgehead atoms. The second-order valence-corrected chi connectivity index (χ2v) is 7.25. The molecule has 0 unspecified atom stereocenters. The molecular weight excluding hydrogens is 362 g/mol. The Kier molecular flexibility index (Phi) is 4.92. The van der Waals surface area contributed by atoms with Gasteiger partial charge in [-0.3, -0.25) is 14.2 Å². The predicted octanol–water partition coefficient (Wildman–Crippen LogP) is 4.48. The Morgan fingerprint density at radius 1 is 0.966 bits per heavy atom. The number of aromatic nitrogens is 4. The van der Waals surface area contributed by atoms with Gasteiger partial charge < -0.3 is 5.32 Å². The normalized spacial score (nSPS) is 11.2. The zero-order valence-electron chi connectivity index (χ0n) is 17.2. The van der Waals surface area contributed by atoms with E-state index in [0.717, 1.165) is 40.0 Å². The molecule has 0 aliphatic heterocycles. The van der Waals surface area contributed by atoms with Crippen LogP contribution in [0.4, 0.5) is 5.82 Å². The van der Waals surface area contributed by atoms with Gasteiger partial charge in [0.15, 0.2) is 5.82 Å². The molecular formula is C23H25N5O. The summed E-state index contributed by atoms with van der Waals surface area (Å²) in [4.78, 5) is 12.8. The third-order valence-electron chi connectivity index (χ3n) is 5.30. The first kappa shape index (κ1) is 18.9. The molecule has 4 aromatic rings. The molecule has 1 amide bonds. The summed E-state index contributed by atoms with van der Waals surface area (Å²) < 4.78 is 3.66. The zero-order valence-corrected chi connectivity index (χ0v) is 17.2. The van der Waals surface area contributed by atoms with Crippen LogP contribution >= 0.6 is 0 Å². The second kappa shape index (κ2) is 7.54. The molecule has 0 fully saturated rings. The number of anilines is 1. The maximum Gasteiger partial charge on any atom is 0.247 e. The van der Waals surface area contributed by atoms with Crippen LogP contribution in [0.2, 0.25) is 0 Å². The van der Waals surface area contributed by atoms with Crippen molar-refractivity contribution in [3.63, 3.8) is 0 Å². The third-order valence-corrected chi connectivity index (χ3v) is 5.30. The minimum atomic E-state index is -0.140. The van der Waals surface area contributed by atoms with Gasteiger partial charge in [0.05, 0.1) is 11.2 Å². The molecule has 4 rings (SSSR count). The summed E-state index contributed by atoms with van der Waals surface area (Å²) in [5.41, 5.74) is 6.36. The van der Waals surface area contributed by atoms with Crippen LogP contribution in [0.5, 0.6) is 0 Å². The van der Waals surface area contributed by atoms with Gasteiger partial charge in [0.25, 0.3) is 0 Å². The standard InChI is InChI=1S/C23H25N5O/c1-5-27-20-13-9-8-12-19(20)23(26-27)24-21(29)14-28-17(4)22(16(3)25-28)18-11-7-6-10-15(18)2/h6-13H,5,14H2,1-4H3,(H,24,26,29). The van der Waals surface area contributed by atoms with Crippen LogP contribution in [0.3, 0.4) is 0 Å². The van der Waals surface area contributed by atoms with Gasteiger partial charge in [-0.25, -0.2) is 0 Å². The van der Waals surface area contributed by atoms with Crippen molar-refractivity contribution in [1.29, 1.82) is 0 Å². The fourth-order valence-electron chi connectivity index (χ4n) is 3.86. The van der Waals surface area contributed by atoms with E-state index < -0.39 is 0 Å². The topological polar surface area (TPSA) is 64.7 Å². The third kappa shape index (κ3) is 3.42. The Labute approximate surface area is 170 Å². The molecule has 1 N–H and O–H groups in total. The number of fused-ring (bicyclic) bond motifs is 1. The van der Waals surface area contributed by atoms with Crippen molar-refractivity contribution in [2.24, 2.45) is 0 Å². The maximum absolute atomic E-state index is 12.8. The van der Waals surface area contributed by atoms with E-state index in [1.54, 1.807) is 4.68 Å². The molecule has 0 radical (unpaired) electrons. The van der Waals surface area contributed by atoms with Crippen molar-refractivity contribution in [2.45, 2.75) is 40.8 Å².